The summed E-state index contributed by atoms with van der Waals surface area (Å²) in [5, 5.41) is 14.3. The van der Waals surface area contributed by atoms with Gasteiger partial charge in [-0.1, -0.05) is 60.3 Å². The third-order valence-electron chi connectivity index (χ3n) is 8.21. The Kier molecular flexibility index (Phi) is 15.6. The largest absolute Gasteiger partial charge is 0.476 e. The van der Waals surface area contributed by atoms with Crippen molar-refractivity contribution in [3.63, 3.8) is 0 Å². The van der Waals surface area contributed by atoms with Crippen LogP contribution in [0.15, 0.2) is 5.38 Å². The van der Waals surface area contributed by atoms with E-state index in [0.29, 0.717) is 18.0 Å². The van der Waals surface area contributed by atoms with E-state index in [1.807, 2.05) is 39.6 Å². The van der Waals surface area contributed by atoms with Crippen molar-refractivity contribution in [3.8, 4) is 0 Å². The Morgan fingerprint density at radius 1 is 1.19 bits per heavy atom. The maximum Gasteiger partial charge on any atom is 0.355 e. The summed E-state index contributed by atoms with van der Waals surface area (Å²) in [5.41, 5.74) is -0.127. The summed E-state index contributed by atoms with van der Waals surface area (Å²) in [6, 6.07) is -1.51. The van der Waals surface area contributed by atoms with Gasteiger partial charge >= 0.3 is 11.9 Å². The number of carboxylic acids is 1. The first-order valence-corrected chi connectivity index (χ1v) is 16.5. The van der Waals surface area contributed by atoms with E-state index in [0.717, 1.165) is 56.4 Å². The summed E-state index contributed by atoms with van der Waals surface area (Å²) < 4.78 is 11.7. The molecule has 1 aliphatic heterocycles. The van der Waals surface area contributed by atoms with Gasteiger partial charge in [0.05, 0.1) is 6.04 Å². The Morgan fingerprint density at radius 3 is 2.47 bits per heavy atom. The van der Waals surface area contributed by atoms with Crippen molar-refractivity contribution in [3.05, 3.63) is 16.1 Å². The van der Waals surface area contributed by atoms with Gasteiger partial charge in [0, 0.05) is 31.4 Å². The van der Waals surface area contributed by atoms with Crippen LogP contribution in [0.4, 0.5) is 0 Å². The Balaban J connectivity index is 2.43. The molecular weight excluding hydrogens is 572 g/mol. The van der Waals surface area contributed by atoms with Crippen LogP contribution in [-0.4, -0.2) is 88.7 Å². The lowest BCUT2D eigenvalue weighted by Gasteiger charge is -2.40. The minimum Gasteiger partial charge on any atom is -0.476 e. The number of aromatic carboxylic acids is 1. The lowest BCUT2D eigenvalue weighted by Crippen LogP contribution is -2.59. The molecule has 3 unspecified atom stereocenters. The van der Waals surface area contributed by atoms with Gasteiger partial charge in [0.2, 0.25) is 11.8 Å². The van der Waals surface area contributed by atoms with E-state index in [2.05, 4.69) is 17.2 Å². The minimum absolute atomic E-state index is 0.0164. The summed E-state index contributed by atoms with van der Waals surface area (Å²) in [6.45, 7) is 12.6. The predicted octanol–water partition coefficient (Wildman–Crippen LogP) is 4.87. The summed E-state index contributed by atoms with van der Waals surface area (Å²) in [6.07, 6.45) is 5.68. The van der Waals surface area contributed by atoms with Crippen LogP contribution >= 0.6 is 11.3 Å². The number of ether oxygens (including phenoxy) is 2. The summed E-state index contributed by atoms with van der Waals surface area (Å²) in [5.74, 6) is -2.32. The molecule has 2 heterocycles. The maximum absolute atomic E-state index is 14.5. The number of aromatic nitrogens is 1. The van der Waals surface area contributed by atoms with Crippen LogP contribution in [0.25, 0.3) is 0 Å². The van der Waals surface area contributed by atoms with Gasteiger partial charge in [0.1, 0.15) is 17.8 Å². The number of carboxylic acid groups (broad SMARTS) is 1. The van der Waals surface area contributed by atoms with E-state index < -0.39 is 30.1 Å². The molecule has 1 aliphatic rings. The van der Waals surface area contributed by atoms with Crippen LogP contribution in [0.1, 0.15) is 115 Å². The molecule has 0 aliphatic carbocycles. The van der Waals surface area contributed by atoms with Crippen LogP contribution in [0.2, 0.25) is 0 Å². The molecule has 43 heavy (non-hydrogen) atoms. The number of hydrogen-bond donors (Lipinski definition) is 2. The number of likely N-dealkylation sites (tertiary alicyclic amines) is 1. The molecule has 244 valence electrons. The van der Waals surface area contributed by atoms with Crippen LogP contribution in [0.5, 0.6) is 0 Å². The summed E-state index contributed by atoms with van der Waals surface area (Å²) in [7, 11) is 1.94. The van der Waals surface area contributed by atoms with Crippen LogP contribution < -0.4 is 5.32 Å². The monoisotopic (exact) mass is 624 g/mol. The average Bonchev–Trinajstić information content (AvgIpc) is 3.46. The van der Waals surface area contributed by atoms with Crippen molar-refractivity contribution < 1.29 is 33.8 Å². The molecular formula is C31H52N4O7S. The van der Waals surface area contributed by atoms with Crippen LogP contribution in [0.3, 0.4) is 0 Å². The second-order valence-corrected chi connectivity index (χ2v) is 12.8. The normalized spacial score (nSPS) is 18.5. The molecule has 0 spiro atoms. The number of amides is 2. The topological polar surface area (TPSA) is 138 Å². The highest BCUT2D eigenvalue weighted by Crippen LogP contribution is 2.31. The van der Waals surface area contributed by atoms with Crippen molar-refractivity contribution in [1.82, 2.24) is 20.1 Å². The molecule has 12 heteroatoms. The number of hydrogen-bond acceptors (Lipinski definition) is 9. The standard InChI is InChI=1S/C31H52N4O7S/c1-8-10-13-16-41-19-35(30(38)27(21(5)9-2)33-28(37)24-14-11-12-15-34(24)7)25(20(3)4)17-26(42-22(6)36)29-32-23(18-43-29)31(39)40/h18,20-21,24-27H,8-17,19H2,1-7H3,(H,33,37)(H,39,40)/t21?,24?,25-,26-,27?/m1/s1. The van der Waals surface area contributed by atoms with E-state index in [4.69, 9.17) is 9.47 Å². The lowest BCUT2D eigenvalue weighted by atomic mass is 9.92. The highest BCUT2D eigenvalue weighted by atomic mass is 32.1. The van der Waals surface area contributed by atoms with Crippen molar-refractivity contribution in [1.29, 1.82) is 0 Å². The van der Waals surface area contributed by atoms with E-state index in [1.54, 1.807) is 4.90 Å². The molecule has 0 radical (unpaired) electrons. The number of rotatable bonds is 18. The predicted molar refractivity (Wildman–Crippen MR) is 166 cm³/mol. The zero-order valence-electron chi connectivity index (χ0n) is 27.0. The number of nitrogens with zero attached hydrogens (tertiary/aromatic N) is 3. The van der Waals surface area contributed by atoms with Gasteiger partial charge in [-0.05, 0) is 44.7 Å². The summed E-state index contributed by atoms with van der Waals surface area (Å²) >= 11 is 1.10. The third kappa shape index (κ3) is 11.1. The van der Waals surface area contributed by atoms with Crippen molar-refractivity contribution in [2.45, 2.75) is 117 Å². The van der Waals surface area contributed by atoms with E-state index in [9.17, 15) is 24.3 Å². The van der Waals surface area contributed by atoms with Crippen LogP contribution in [0, 0.1) is 11.8 Å². The molecule has 1 aromatic heterocycles. The van der Waals surface area contributed by atoms with Gasteiger partial charge in [0.25, 0.3) is 0 Å². The van der Waals surface area contributed by atoms with Gasteiger partial charge in [-0.25, -0.2) is 9.78 Å². The van der Waals surface area contributed by atoms with E-state index in [-0.39, 0.29) is 48.5 Å². The highest BCUT2D eigenvalue weighted by molar-refractivity contribution is 7.09. The minimum atomic E-state index is -1.17. The van der Waals surface area contributed by atoms with Gasteiger partial charge in [-0.15, -0.1) is 11.3 Å². The third-order valence-corrected chi connectivity index (χ3v) is 9.14. The first-order chi connectivity index (χ1) is 20.4. The molecule has 0 saturated carbocycles. The SMILES string of the molecule is CCCCCOCN(C(=O)C(NC(=O)C1CCCCN1C)C(C)CC)[C@H](C[C@@H](OC(C)=O)c1nc(C(=O)O)cs1)C(C)C. The zero-order chi connectivity index (χ0) is 32.1. The second-order valence-electron chi connectivity index (χ2n) is 11.9. The van der Waals surface area contributed by atoms with Crippen molar-refractivity contribution in [2.75, 3.05) is 26.9 Å². The lowest BCUT2D eigenvalue weighted by molar-refractivity contribution is -0.153. The number of thiazole rings is 1. The first-order valence-electron chi connectivity index (χ1n) is 15.7. The molecule has 11 nitrogen and oxygen atoms in total. The quantitative estimate of drug-likeness (QED) is 0.133. The van der Waals surface area contributed by atoms with E-state index >= 15 is 0 Å². The molecule has 1 saturated heterocycles. The van der Waals surface area contributed by atoms with Gasteiger partial charge in [-0.2, -0.15) is 0 Å². The number of carbonyl (C=O) groups excluding carboxylic acids is 3. The highest BCUT2D eigenvalue weighted by Gasteiger charge is 2.39. The molecule has 0 bridgehead atoms. The molecule has 0 aromatic carbocycles. The van der Waals surface area contributed by atoms with Crippen molar-refractivity contribution >= 4 is 35.1 Å². The first kappa shape index (κ1) is 36.6. The molecule has 2 amide bonds. The zero-order valence-corrected chi connectivity index (χ0v) is 27.8. The number of likely N-dealkylation sites (N-methyl/N-ethyl adjacent to an activating group) is 1. The molecule has 5 atom stereocenters. The number of piperidine rings is 1. The van der Waals surface area contributed by atoms with E-state index in [1.165, 1.54) is 12.3 Å². The fraction of sp³-hybridized carbons (Fsp3) is 0.774. The maximum atomic E-state index is 14.5. The molecule has 2 rings (SSSR count). The van der Waals surface area contributed by atoms with Crippen LogP contribution in [-0.2, 0) is 23.9 Å². The number of esters is 1. The van der Waals surface area contributed by atoms with Crippen molar-refractivity contribution in [2.24, 2.45) is 11.8 Å². The summed E-state index contributed by atoms with van der Waals surface area (Å²) in [4.78, 5) is 59.5. The Morgan fingerprint density at radius 2 is 1.91 bits per heavy atom. The Labute approximate surface area is 260 Å². The second kappa shape index (κ2) is 18.3. The smallest absolute Gasteiger partial charge is 0.355 e. The Hall–Kier alpha value is -2.57. The van der Waals surface area contributed by atoms with Gasteiger partial charge in [-0.3, -0.25) is 19.3 Å². The van der Waals surface area contributed by atoms with Gasteiger partial charge in [0.15, 0.2) is 11.8 Å². The number of carbonyl (C=O) groups is 4. The molecule has 1 aromatic rings. The average molecular weight is 625 g/mol. The fourth-order valence-corrected chi connectivity index (χ4v) is 6.20. The number of nitrogens with one attached hydrogen (secondary N) is 1. The fourth-order valence-electron chi connectivity index (χ4n) is 5.37. The molecule has 1 fully saturated rings. The van der Waals surface area contributed by atoms with Gasteiger partial charge < -0.3 is 24.8 Å². The molecule has 2 N–H and O–H groups in total. The Bertz CT molecular complexity index is 1050. The number of unbranched alkanes of at least 4 members (excludes halogenated alkanes) is 2.